The molecule has 0 saturated heterocycles. The van der Waals surface area contributed by atoms with E-state index in [1.54, 1.807) is 0 Å². The molecule has 2 N–H and O–H groups in total. The Morgan fingerprint density at radius 2 is 1.67 bits per heavy atom. The summed E-state index contributed by atoms with van der Waals surface area (Å²) in [5.74, 6) is -2.15. The molecule has 0 amide bonds. The van der Waals surface area contributed by atoms with Crippen molar-refractivity contribution in [3.8, 4) is 0 Å². The number of rotatable bonds is 7. The summed E-state index contributed by atoms with van der Waals surface area (Å²) in [6.07, 6.45) is 3.02. The minimum Gasteiger partial charge on any atom is -0.481 e. The van der Waals surface area contributed by atoms with Crippen LogP contribution in [0.4, 0.5) is 0 Å². The predicted octanol–water partition coefficient (Wildman–Crippen LogP) is 3.04. The maximum absolute atomic E-state index is 11.7. The van der Waals surface area contributed by atoms with Gasteiger partial charge in [-0.2, -0.15) is 0 Å². The van der Waals surface area contributed by atoms with Crippen LogP contribution in [0, 0.1) is 23.2 Å². The van der Waals surface area contributed by atoms with Crippen LogP contribution in [0.25, 0.3) is 0 Å². The molecule has 0 aliphatic rings. The summed E-state index contributed by atoms with van der Waals surface area (Å²) in [5, 5.41) is 18.4. The van der Waals surface area contributed by atoms with Crippen LogP contribution in [0.3, 0.4) is 0 Å². The van der Waals surface area contributed by atoms with Gasteiger partial charge in [-0.1, -0.05) is 47.1 Å². The fourth-order valence-electron chi connectivity index (χ4n) is 2.79. The number of carboxylic acids is 2. The van der Waals surface area contributed by atoms with Crippen LogP contribution < -0.4 is 0 Å². The quantitative estimate of drug-likeness (QED) is 0.686. The van der Waals surface area contributed by atoms with Gasteiger partial charge in [-0.25, -0.2) is 4.79 Å². The molecule has 0 heterocycles. The smallest absolute Gasteiger partial charge is 0.328 e. The number of aliphatic carboxylic acids is 2. The van der Waals surface area contributed by atoms with Gasteiger partial charge in [-0.05, 0) is 17.8 Å². The molecular weight excluding hydrogens is 232 g/mol. The highest BCUT2D eigenvalue weighted by Gasteiger charge is 2.46. The Labute approximate surface area is 109 Å². The van der Waals surface area contributed by atoms with Crippen molar-refractivity contribution in [1.29, 1.82) is 0 Å². The standard InChI is InChI=1S/C14H24O4/c1-6-11(9(2)3)14(10(4)5,13(17)18)8-7-12(15)16/h7-11H,6H2,1-5H3,(H,15,16)(H,17,18). The average Bonchev–Trinajstić information content (AvgIpc) is 2.21. The highest BCUT2D eigenvalue weighted by atomic mass is 16.4. The molecule has 0 aromatic carbocycles. The summed E-state index contributed by atoms with van der Waals surface area (Å²) in [7, 11) is 0. The van der Waals surface area contributed by atoms with E-state index in [0.29, 0.717) is 6.42 Å². The van der Waals surface area contributed by atoms with Crippen LogP contribution in [0.15, 0.2) is 12.2 Å². The Bertz CT molecular complexity index is 331. The first-order valence-corrected chi connectivity index (χ1v) is 6.35. The third-order valence-electron chi connectivity index (χ3n) is 3.69. The summed E-state index contributed by atoms with van der Waals surface area (Å²) in [6, 6.07) is 0. The Kier molecular flexibility index (Phi) is 6.09. The molecule has 0 aliphatic carbocycles. The van der Waals surface area contributed by atoms with Crippen LogP contribution in [0.5, 0.6) is 0 Å². The van der Waals surface area contributed by atoms with E-state index in [1.807, 2.05) is 34.6 Å². The first kappa shape index (κ1) is 16.7. The SMILES string of the molecule is CCC(C(C)C)C(C=CC(=O)O)(C(=O)O)C(C)C. The van der Waals surface area contributed by atoms with Crippen molar-refractivity contribution in [2.45, 2.75) is 41.0 Å². The molecule has 0 fully saturated rings. The highest BCUT2D eigenvalue weighted by Crippen LogP contribution is 2.43. The van der Waals surface area contributed by atoms with Crippen molar-refractivity contribution in [3.05, 3.63) is 12.2 Å². The molecule has 4 heteroatoms. The summed E-state index contributed by atoms with van der Waals surface area (Å²) in [4.78, 5) is 22.4. The predicted molar refractivity (Wildman–Crippen MR) is 70.3 cm³/mol. The van der Waals surface area contributed by atoms with Gasteiger partial charge in [0.15, 0.2) is 0 Å². The molecule has 0 spiro atoms. The maximum Gasteiger partial charge on any atom is 0.328 e. The summed E-state index contributed by atoms with van der Waals surface area (Å²) >= 11 is 0. The third-order valence-corrected chi connectivity index (χ3v) is 3.69. The molecule has 0 radical (unpaired) electrons. The second-order valence-corrected chi connectivity index (χ2v) is 5.32. The number of hydrogen-bond donors (Lipinski definition) is 2. The molecule has 0 aromatic heterocycles. The molecular formula is C14H24O4. The van der Waals surface area contributed by atoms with Crippen LogP contribution in [0.1, 0.15) is 41.0 Å². The third kappa shape index (κ3) is 3.34. The van der Waals surface area contributed by atoms with Crippen molar-refractivity contribution < 1.29 is 19.8 Å². The van der Waals surface area contributed by atoms with Gasteiger partial charge in [-0.15, -0.1) is 0 Å². The molecule has 2 unspecified atom stereocenters. The van der Waals surface area contributed by atoms with Gasteiger partial charge in [0.1, 0.15) is 0 Å². The minimum absolute atomic E-state index is 0.0920. The average molecular weight is 256 g/mol. The zero-order valence-corrected chi connectivity index (χ0v) is 11.8. The fraction of sp³-hybridized carbons (Fsp3) is 0.714. The van der Waals surface area contributed by atoms with E-state index in [-0.39, 0.29) is 17.8 Å². The van der Waals surface area contributed by atoms with Crippen molar-refractivity contribution >= 4 is 11.9 Å². The molecule has 2 atom stereocenters. The zero-order valence-electron chi connectivity index (χ0n) is 11.8. The normalized spacial score (nSPS) is 17.1. The van der Waals surface area contributed by atoms with Crippen molar-refractivity contribution in [2.75, 3.05) is 0 Å². The molecule has 18 heavy (non-hydrogen) atoms. The largest absolute Gasteiger partial charge is 0.481 e. The van der Waals surface area contributed by atoms with E-state index in [0.717, 1.165) is 6.08 Å². The van der Waals surface area contributed by atoms with Gasteiger partial charge in [0.2, 0.25) is 0 Å². The molecule has 0 aromatic rings. The van der Waals surface area contributed by atoms with E-state index < -0.39 is 17.4 Å². The van der Waals surface area contributed by atoms with Gasteiger partial charge < -0.3 is 10.2 Å². The van der Waals surface area contributed by atoms with Crippen molar-refractivity contribution in [1.82, 2.24) is 0 Å². The van der Waals surface area contributed by atoms with Crippen LogP contribution in [0.2, 0.25) is 0 Å². The van der Waals surface area contributed by atoms with Crippen LogP contribution >= 0.6 is 0 Å². The number of carboxylic acid groups (broad SMARTS) is 2. The van der Waals surface area contributed by atoms with Crippen molar-refractivity contribution in [3.63, 3.8) is 0 Å². The maximum atomic E-state index is 11.7. The van der Waals surface area contributed by atoms with Gasteiger partial charge in [0, 0.05) is 6.08 Å². The Balaban J connectivity index is 5.76. The molecule has 4 nitrogen and oxygen atoms in total. The lowest BCUT2D eigenvalue weighted by atomic mass is 9.62. The first-order valence-electron chi connectivity index (χ1n) is 6.35. The van der Waals surface area contributed by atoms with E-state index >= 15 is 0 Å². The fourth-order valence-corrected chi connectivity index (χ4v) is 2.79. The van der Waals surface area contributed by atoms with Crippen LogP contribution in [-0.2, 0) is 9.59 Å². The lowest BCUT2D eigenvalue weighted by molar-refractivity contribution is -0.153. The van der Waals surface area contributed by atoms with E-state index in [1.165, 1.54) is 6.08 Å². The molecule has 0 saturated carbocycles. The second-order valence-electron chi connectivity index (χ2n) is 5.32. The monoisotopic (exact) mass is 256 g/mol. The van der Waals surface area contributed by atoms with Gasteiger partial charge in [0.05, 0.1) is 5.41 Å². The summed E-state index contributed by atoms with van der Waals surface area (Å²) < 4.78 is 0. The minimum atomic E-state index is -1.12. The Morgan fingerprint density at radius 1 is 1.17 bits per heavy atom. The van der Waals surface area contributed by atoms with Gasteiger partial charge in [0.25, 0.3) is 0 Å². The topological polar surface area (TPSA) is 74.6 Å². The lowest BCUT2D eigenvalue weighted by Crippen LogP contribution is -2.43. The van der Waals surface area contributed by atoms with Crippen molar-refractivity contribution in [2.24, 2.45) is 23.2 Å². The molecule has 104 valence electrons. The van der Waals surface area contributed by atoms with Gasteiger partial charge >= 0.3 is 11.9 Å². The van der Waals surface area contributed by atoms with E-state index in [9.17, 15) is 14.7 Å². The molecule has 0 bridgehead atoms. The number of hydrogen-bond acceptors (Lipinski definition) is 2. The van der Waals surface area contributed by atoms with E-state index in [2.05, 4.69) is 0 Å². The molecule has 0 aliphatic heterocycles. The van der Waals surface area contributed by atoms with Crippen LogP contribution in [-0.4, -0.2) is 22.2 Å². The Hall–Kier alpha value is -1.32. The lowest BCUT2D eigenvalue weighted by Gasteiger charge is -2.40. The number of carbonyl (C=O) groups is 2. The first-order chi connectivity index (χ1) is 8.20. The highest BCUT2D eigenvalue weighted by molar-refractivity contribution is 5.84. The second kappa shape index (κ2) is 6.57. The molecule has 0 rings (SSSR count). The summed E-state index contributed by atoms with van der Waals surface area (Å²) in [5.41, 5.74) is -1.12. The zero-order chi connectivity index (χ0) is 14.5. The van der Waals surface area contributed by atoms with E-state index in [4.69, 9.17) is 5.11 Å². The van der Waals surface area contributed by atoms with Gasteiger partial charge in [-0.3, -0.25) is 4.79 Å². The Morgan fingerprint density at radius 3 is 1.89 bits per heavy atom. The summed E-state index contributed by atoms with van der Waals surface area (Å²) in [6.45, 7) is 9.54.